The van der Waals surface area contributed by atoms with Crippen LogP contribution < -0.4 is 0 Å². The normalized spacial score (nSPS) is 20.9. The summed E-state index contributed by atoms with van der Waals surface area (Å²) in [5.41, 5.74) is 0. The Balaban J connectivity index is 2.17. The molecule has 0 aromatic carbocycles. The molecule has 0 spiro atoms. The van der Waals surface area contributed by atoms with Gasteiger partial charge in [-0.05, 0) is 0 Å². The van der Waals surface area contributed by atoms with Gasteiger partial charge in [0, 0.05) is 0 Å². The van der Waals surface area contributed by atoms with Crippen LogP contribution in [0.25, 0.3) is 0 Å². The van der Waals surface area contributed by atoms with E-state index in [1.54, 1.807) is 0 Å². The van der Waals surface area contributed by atoms with E-state index in [4.69, 9.17) is 14.7 Å². The van der Waals surface area contributed by atoms with Gasteiger partial charge in [-0.15, -0.1) is 0 Å². The third-order valence-electron chi connectivity index (χ3n) is 0.949. The van der Waals surface area contributed by atoms with Crippen LogP contribution in [0.15, 0.2) is 0 Å². The molecular formula is C5H7NO2. The summed E-state index contributed by atoms with van der Waals surface area (Å²) in [7, 11) is 0. The summed E-state index contributed by atoms with van der Waals surface area (Å²) in [6, 6.07) is 1.96. The second kappa shape index (κ2) is 2.65. The van der Waals surface area contributed by atoms with Crippen LogP contribution in [0.5, 0.6) is 0 Å². The highest BCUT2D eigenvalue weighted by atomic mass is 16.7. The van der Waals surface area contributed by atoms with Gasteiger partial charge in [0.25, 0.3) is 0 Å². The van der Waals surface area contributed by atoms with E-state index in [1.807, 2.05) is 6.07 Å². The zero-order chi connectivity index (χ0) is 5.82. The zero-order valence-corrected chi connectivity index (χ0v) is 4.46. The highest BCUT2D eigenvalue weighted by Crippen LogP contribution is 2.05. The summed E-state index contributed by atoms with van der Waals surface area (Å²) >= 11 is 0. The summed E-state index contributed by atoms with van der Waals surface area (Å²) in [6.07, 6.45) is 0.0972. The first kappa shape index (κ1) is 5.54. The van der Waals surface area contributed by atoms with Gasteiger partial charge in [0.2, 0.25) is 0 Å². The van der Waals surface area contributed by atoms with E-state index in [9.17, 15) is 0 Å². The maximum Gasteiger partial charge on any atom is 0.170 e. The molecule has 0 amide bonds. The second-order valence-electron chi connectivity index (χ2n) is 1.53. The van der Waals surface area contributed by atoms with Crippen molar-refractivity contribution in [1.29, 1.82) is 5.26 Å². The predicted octanol–water partition coefficient (Wildman–Crippen LogP) is 0.273. The smallest absolute Gasteiger partial charge is 0.170 e. The molecule has 3 heteroatoms. The number of hydrogen-bond donors (Lipinski definition) is 0. The molecule has 0 radical (unpaired) electrons. The van der Waals surface area contributed by atoms with E-state index in [0.717, 1.165) is 0 Å². The number of nitrogens with zero attached hydrogens (tertiary/aromatic N) is 1. The molecule has 0 aromatic rings. The second-order valence-corrected chi connectivity index (χ2v) is 1.53. The largest absolute Gasteiger partial charge is 0.349 e. The molecule has 3 nitrogen and oxygen atoms in total. The molecule has 1 fully saturated rings. The summed E-state index contributed by atoms with van der Waals surface area (Å²) in [5.74, 6) is 0. The summed E-state index contributed by atoms with van der Waals surface area (Å²) in [4.78, 5) is 0. The van der Waals surface area contributed by atoms with Crippen LogP contribution >= 0.6 is 0 Å². The van der Waals surface area contributed by atoms with Crippen LogP contribution in [0.1, 0.15) is 6.42 Å². The topological polar surface area (TPSA) is 42.2 Å². The van der Waals surface area contributed by atoms with Crippen LogP contribution in [0.3, 0.4) is 0 Å². The van der Waals surface area contributed by atoms with Gasteiger partial charge in [0.05, 0.1) is 25.7 Å². The van der Waals surface area contributed by atoms with Gasteiger partial charge >= 0.3 is 0 Å². The fourth-order valence-corrected chi connectivity index (χ4v) is 0.600. The lowest BCUT2D eigenvalue weighted by Gasteiger charge is -1.99. The predicted molar refractivity (Wildman–Crippen MR) is 25.9 cm³/mol. The lowest BCUT2D eigenvalue weighted by atomic mass is 10.5. The minimum Gasteiger partial charge on any atom is -0.349 e. The van der Waals surface area contributed by atoms with Crippen molar-refractivity contribution in [1.82, 2.24) is 0 Å². The Bertz CT molecular complexity index is 101. The van der Waals surface area contributed by atoms with Crippen LogP contribution in [-0.2, 0) is 9.47 Å². The Hall–Kier alpha value is -0.590. The fourth-order valence-electron chi connectivity index (χ4n) is 0.600. The van der Waals surface area contributed by atoms with E-state index in [0.29, 0.717) is 19.6 Å². The third-order valence-corrected chi connectivity index (χ3v) is 0.949. The lowest BCUT2D eigenvalue weighted by molar-refractivity contribution is -0.0367. The average Bonchev–Trinajstić information content (AvgIpc) is 2.19. The molecule has 44 valence electrons. The van der Waals surface area contributed by atoms with Gasteiger partial charge in [0.15, 0.2) is 6.29 Å². The Morgan fingerprint density at radius 3 is 2.62 bits per heavy atom. The quantitative estimate of drug-likeness (QED) is 0.490. The van der Waals surface area contributed by atoms with Crippen molar-refractivity contribution < 1.29 is 9.47 Å². The molecule has 1 aliphatic rings. The van der Waals surface area contributed by atoms with Crippen LogP contribution in [0.2, 0.25) is 0 Å². The molecular weight excluding hydrogens is 106 g/mol. The van der Waals surface area contributed by atoms with E-state index in [1.165, 1.54) is 0 Å². The van der Waals surface area contributed by atoms with E-state index in [-0.39, 0.29) is 6.29 Å². The van der Waals surface area contributed by atoms with Crippen molar-refractivity contribution in [2.75, 3.05) is 13.2 Å². The molecule has 1 aliphatic heterocycles. The summed E-state index contributed by atoms with van der Waals surface area (Å²) in [6.45, 7) is 1.26. The van der Waals surface area contributed by atoms with Gasteiger partial charge in [-0.25, -0.2) is 0 Å². The minimum absolute atomic E-state index is 0.250. The van der Waals surface area contributed by atoms with Crippen LogP contribution in [0.4, 0.5) is 0 Å². The van der Waals surface area contributed by atoms with Crippen LogP contribution in [0, 0.1) is 11.3 Å². The Labute approximate surface area is 47.8 Å². The summed E-state index contributed by atoms with van der Waals surface area (Å²) < 4.78 is 9.90. The molecule has 0 atom stereocenters. The highest BCUT2D eigenvalue weighted by molar-refractivity contribution is 4.72. The van der Waals surface area contributed by atoms with E-state index >= 15 is 0 Å². The number of rotatable bonds is 1. The van der Waals surface area contributed by atoms with Gasteiger partial charge in [-0.2, -0.15) is 5.26 Å². The zero-order valence-electron chi connectivity index (χ0n) is 4.46. The lowest BCUT2D eigenvalue weighted by Crippen LogP contribution is -2.04. The van der Waals surface area contributed by atoms with Crippen molar-refractivity contribution in [3.63, 3.8) is 0 Å². The molecule has 1 heterocycles. The maximum atomic E-state index is 8.12. The van der Waals surface area contributed by atoms with Crippen molar-refractivity contribution in [2.24, 2.45) is 0 Å². The molecule has 0 aliphatic carbocycles. The number of ether oxygens (including phenoxy) is 2. The van der Waals surface area contributed by atoms with Crippen molar-refractivity contribution in [3.8, 4) is 6.07 Å². The SMILES string of the molecule is N#CCC1OCCO1. The minimum atomic E-state index is -0.250. The summed E-state index contributed by atoms with van der Waals surface area (Å²) in [5, 5.41) is 8.12. The van der Waals surface area contributed by atoms with Gasteiger partial charge < -0.3 is 9.47 Å². The molecule has 0 aromatic heterocycles. The van der Waals surface area contributed by atoms with E-state index in [2.05, 4.69) is 0 Å². The molecule has 1 rings (SSSR count). The Morgan fingerprint density at radius 1 is 1.50 bits per heavy atom. The van der Waals surface area contributed by atoms with Gasteiger partial charge in [0.1, 0.15) is 0 Å². The molecule has 8 heavy (non-hydrogen) atoms. The molecule has 0 saturated carbocycles. The maximum absolute atomic E-state index is 8.12. The Morgan fingerprint density at radius 2 is 2.12 bits per heavy atom. The van der Waals surface area contributed by atoms with Crippen molar-refractivity contribution >= 4 is 0 Å². The molecule has 1 saturated heterocycles. The molecule has 0 bridgehead atoms. The van der Waals surface area contributed by atoms with Crippen LogP contribution in [-0.4, -0.2) is 19.5 Å². The first-order valence-corrected chi connectivity index (χ1v) is 2.53. The standard InChI is InChI=1S/C5H7NO2/c6-2-1-5-7-3-4-8-5/h5H,1,3-4H2. The fraction of sp³-hybridized carbons (Fsp3) is 0.800. The van der Waals surface area contributed by atoms with Gasteiger partial charge in [-0.3, -0.25) is 0 Å². The van der Waals surface area contributed by atoms with Crippen molar-refractivity contribution in [2.45, 2.75) is 12.7 Å². The first-order chi connectivity index (χ1) is 3.93. The van der Waals surface area contributed by atoms with Gasteiger partial charge in [-0.1, -0.05) is 0 Å². The average molecular weight is 113 g/mol. The first-order valence-electron chi connectivity index (χ1n) is 2.53. The monoisotopic (exact) mass is 113 g/mol. The van der Waals surface area contributed by atoms with Crippen molar-refractivity contribution in [3.05, 3.63) is 0 Å². The highest BCUT2D eigenvalue weighted by Gasteiger charge is 2.13. The van der Waals surface area contributed by atoms with E-state index < -0.39 is 0 Å². The number of nitriles is 1. The Kier molecular flexibility index (Phi) is 1.84. The molecule has 0 N–H and O–H groups in total. The number of hydrogen-bond acceptors (Lipinski definition) is 3. The molecule has 0 unspecified atom stereocenters. The third kappa shape index (κ3) is 1.19.